The third kappa shape index (κ3) is 2.56. The maximum atomic E-state index is 10.7. The number of aliphatic hydroxyl groups is 1. The van der Waals surface area contributed by atoms with E-state index >= 15 is 0 Å². The smallest absolute Gasteiger partial charge is 0.0674 e. The van der Waals surface area contributed by atoms with Crippen LogP contribution in [-0.4, -0.2) is 17.8 Å². The molecular formula is C15H22ClNO. The van der Waals surface area contributed by atoms with Crippen molar-refractivity contribution in [3.8, 4) is 0 Å². The second-order valence-corrected chi connectivity index (χ2v) is 6.08. The summed E-state index contributed by atoms with van der Waals surface area (Å²) in [6, 6.07) is 7.70. The van der Waals surface area contributed by atoms with Crippen LogP contribution in [0.5, 0.6) is 0 Å². The first-order valence-electron chi connectivity index (χ1n) is 6.71. The van der Waals surface area contributed by atoms with Crippen LogP contribution in [0.1, 0.15) is 44.1 Å². The molecule has 0 spiro atoms. The van der Waals surface area contributed by atoms with Crippen molar-refractivity contribution >= 4 is 11.6 Å². The highest BCUT2D eigenvalue weighted by molar-refractivity contribution is 6.31. The highest BCUT2D eigenvalue weighted by Crippen LogP contribution is 2.45. The van der Waals surface area contributed by atoms with Crippen molar-refractivity contribution in [1.29, 1.82) is 0 Å². The highest BCUT2D eigenvalue weighted by Gasteiger charge is 2.40. The van der Waals surface area contributed by atoms with Crippen molar-refractivity contribution in [1.82, 2.24) is 0 Å². The molecule has 1 aromatic carbocycles. The SMILES string of the molecule is CC1(C(O)C(CN)c2ccccc2Cl)CCCC1. The summed E-state index contributed by atoms with van der Waals surface area (Å²) in [5.41, 5.74) is 6.85. The van der Waals surface area contributed by atoms with Gasteiger partial charge in [0.2, 0.25) is 0 Å². The molecule has 1 aliphatic rings. The van der Waals surface area contributed by atoms with E-state index in [0.717, 1.165) is 18.4 Å². The molecule has 1 saturated carbocycles. The zero-order valence-corrected chi connectivity index (χ0v) is 11.7. The quantitative estimate of drug-likeness (QED) is 0.879. The fourth-order valence-electron chi connectivity index (χ4n) is 3.17. The van der Waals surface area contributed by atoms with Gasteiger partial charge in [-0.3, -0.25) is 0 Å². The average Bonchev–Trinajstić information content (AvgIpc) is 2.81. The summed E-state index contributed by atoms with van der Waals surface area (Å²) in [4.78, 5) is 0. The first-order valence-corrected chi connectivity index (χ1v) is 7.09. The first kappa shape index (κ1) is 13.9. The Morgan fingerprint density at radius 1 is 1.33 bits per heavy atom. The molecule has 100 valence electrons. The van der Waals surface area contributed by atoms with Crippen LogP contribution in [0.4, 0.5) is 0 Å². The normalized spacial score (nSPS) is 21.8. The fraction of sp³-hybridized carbons (Fsp3) is 0.600. The summed E-state index contributed by atoms with van der Waals surface area (Å²) in [5.74, 6) is -0.0678. The van der Waals surface area contributed by atoms with Crippen molar-refractivity contribution in [2.45, 2.75) is 44.6 Å². The van der Waals surface area contributed by atoms with E-state index in [1.165, 1.54) is 12.8 Å². The molecule has 0 bridgehead atoms. The largest absolute Gasteiger partial charge is 0.392 e. The van der Waals surface area contributed by atoms with Gasteiger partial charge >= 0.3 is 0 Å². The van der Waals surface area contributed by atoms with E-state index < -0.39 is 6.10 Å². The van der Waals surface area contributed by atoms with Crippen LogP contribution in [0.3, 0.4) is 0 Å². The lowest BCUT2D eigenvalue weighted by Crippen LogP contribution is -2.38. The van der Waals surface area contributed by atoms with E-state index in [0.29, 0.717) is 11.6 Å². The van der Waals surface area contributed by atoms with Gasteiger partial charge in [0.25, 0.3) is 0 Å². The summed E-state index contributed by atoms with van der Waals surface area (Å²) in [6.45, 7) is 2.60. The molecular weight excluding hydrogens is 246 g/mol. The van der Waals surface area contributed by atoms with Crippen LogP contribution < -0.4 is 5.73 Å². The van der Waals surface area contributed by atoms with Gasteiger partial charge in [-0.25, -0.2) is 0 Å². The third-order valence-electron chi connectivity index (χ3n) is 4.40. The van der Waals surface area contributed by atoms with E-state index in [-0.39, 0.29) is 11.3 Å². The Kier molecular flexibility index (Phi) is 4.31. The number of rotatable bonds is 4. The van der Waals surface area contributed by atoms with E-state index in [2.05, 4.69) is 6.92 Å². The molecule has 2 rings (SSSR count). The van der Waals surface area contributed by atoms with Gasteiger partial charge in [-0.15, -0.1) is 0 Å². The number of nitrogens with two attached hydrogens (primary N) is 1. The Balaban J connectivity index is 2.26. The van der Waals surface area contributed by atoms with Crippen LogP contribution in [-0.2, 0) is 0 Å². The lowest BCUT2D eigenvalue weighted by atomic mass is 9.74. The third-order valence-corrected chi connectivity index (χ3v) is 4.74. The molecule has 18 heavy (non-hydrogen) atoms. The zero-order valence-electron chi connectivity index (χ0n) is 10.9. The first-order chi connectivity index (χ1) is 8.58. The molecule has 0 aromatic heterocycles. The average molecular weight is 268 g/mol. The molecule has 0 amide bonds. The predicted octanol–water partition coefficient (Wildman–Crippen LogP) is 3.32. The summed E-state index contributed by atoms with van der Waals surface area (Å²) in [5, 5.41) is 11.4. The van der Waals surface area contributed by atoms with Crippen LogP contribution >= 0.6 is 11.6 Å². The lowest BCUT2D eigenvalue weighted by molar-refractivity contribution is 0.0213. The van der Waals surface area contributed by atoms with E-state index in [9.17, 15) is 5.11 Å². The van der Waals surface area contributed by atoms with Crippen molar-refractivity contribution in [3.05, 3.63) is 34.9 Å². The molecule has 3 N–H and O–H groups in total. The molecule has 0 radical (unpaired) electrons. The van der Waals surface area contributed by atoms with Crippen molar-refractivity contribution in [2.75, 3.05) is 6.54 Å². The Bertz CT molecular complexity index is 401. The number of hydrogen-bond acceptors (Lipinski definition) is 2. The summed E-state index contributed by atoms with van der Waals surface area (Å²) < 4.78 is 0. The maximum absolute atomic E-state index is 10.7. The minimum absolute atomic E-state index is 0.0107. The molecule has 1 aliphatic carbocycles. The second-order valence-electron chi connectivity index (χ2n) is 5.67. The van der Waals surface area contributed by atoms with Crippen LogP contribution in [0, 0.1) is 5.41 Å². The predicted molar refractivity (Wildman–Crippen MR) is 75.8 cm³/mol. The van der Waals surface area contributed by atoms with Crippen LogP contribution in [0.15, 0.2) is 24.3 Å². The van der Waals surface area contributed by atoms with E-state index in [4.69, 9.17) is 17.3 Å². The van der Waals surface area contributed by atoms with Gasteiger partial charge in [0.15, 0.2) is 0 Å². The Labute approximate surface area is 114 Å². The van der Waals surface area contributed by atoms with Crippen LogP contribution in [0.2, 0.25) is 5.02 Å². The summed E-state index contributed by atoms with van der Waals surface area (Å²) >= 11 is 6.23. The van der Waals surface area contributed by atoms with Crippen molar-refractivity contribution in [2.24, 2.45) is 11.1 Å². The standard InChI is InChI=1S/C15H22ClNO/c1-15(8-4-5-9-15)14(18)12(10-17)11-6-2-3-7-13(11)16/h2-3,6-7,12,14,18H,4-5,8-10,17H2,1H3. The molecule has 2 unspecified atom stereocenters. The van der Waals surface area contributed by atoms with Gasteiger partial charge in [0.05, 0.1) is 6.10 Å². The van der Waals surface area contributed by atoms with Crippen molar-refractivity contribution in [3.63, 3.8) is 0 Å². The van der Waals surface area contributed by atoms with Gasteiger partial charge in [0.1, 0.15) is 0 Å². The number of benzene rings is 1. The monoisotopic (exact) mass is 267 g/mol. The minimum Gasteiger partial charge on any atom is -0.392 e. The molecule has 1 aromatic rings. The molecule has 2 atom stereocenters. The fourth-order valence-corrected chi connectivity index (χ4v) is 3.44. The Hall–Kier alpha value is -0.570. The molecule has 0 aliphatic heterocycles. The maximum Gasteiger partial charge on any atom is 0.0674 e. The molecule has 1 fully saturated rings. The van der Waals surface area contributed by atoms with Gasteiger partial charge in [-0.1, -0.05) is 49.6 Å². The molecule has 3 heteroatoms. The molecule has 0 heterocycles. The lowest BCUT2D eigenvalue weighted by Gasteiger charge is -2.36. The zero-order chi connectivity index (χ0) is 13.2. The molecule has 0 saturated heterocycles. The summed E-state index contributed by atoms with van der Waals surface area (Å²) in [6.07, 6.45) is 4.15. The highest BCUT2D eigenvalue weighted by atomic mass is 35.5. The Morgan fingerprint density at radius 2 is 1.94 bits per heavy atom. The van der Waals surface area contributed by atoms with Crippen LogP contribution in [0.25, 0.3) is 0 Å². The van der Waals surface area contributed by atoms with Gasteiger partial charge in [-0.2, -0.15) is 0 Å². The molecule has 2 nitrogen and oxygen atoms in total. The second kappa shape index (κ2) is 5.60. The van der Waals surface area contributed by atoms with Gasteiger partial charge in [-0.05, 0) is 29.9 Å². The van der Waals surface area contributed by atoms with E-state index in [1.54, 1.807) is 0 Å². The van der Waals surface area contributed by atoms with Gasteiger partial charge in [0, 0.05) is 17.5 Å². The number of halogens is 1. The van der Waals surface area contributed by atoms with E-state index in [1.807, 2.05) is 24.3 Å². The topological polar surface area (TPSA) is 46.2 Å². The van der Waals surface area contributed by atoms with Crippen molar-refractivity contribution < 1.29 is 5.11 Å². The number of aliphatic hydroxyl groups excluding tert-OH is 1. The van der Waals surface area contributed by atoms with Gasteiger partial charge < -0.3 is 10.8 Å². The Morgan fingerprint density at radius 3 is 2.50 bits per heavy atom. The summed E-state index contributed by atoms with van der Waals surface area (Å²) in [7, 11) is 0. The number of hydrogen-bond donors (Lipinski definition) is 2. The minimum atomic E-state index is -0.412.